The van der Waals surface area contributed by atoms with Gasteiger partial charge in [0.05, 0.1) is 12.7 Å². The zero-order chi connectivity index (χ0) is 13.7. The first-order valence-electron chi connectivity index (χ1n) is 6.42. The quantitative estimate of drug-likeness (QED) is 0.833. The summed E-state index contributed by atoms with van der Waals surface area (Å²) in [4.78, 5) is 0. The van der Waals surface area contributed by atoms with Gasteiger partial charge in [0.1, 0.15) is 11.3 Å². The molecule has 0 saturated carbocycles. The third kappa shape index (κ3) is 3.70. The Labute approximate surface area is 113 Å². The van der Waals surface area contributed by atoms with Gasteiger partial charge < -0.3 is 10.5 Å². The third-order valence-corrected chi connectivity index (χ3v) is 3.09. The maximum atomic E-state index is 8.81. The van der Waals surface area contributed by atoms with E-state index in [4.69, 9.17) is 15.7 Å². The van der Waals surface area contributed by atoms with Crippen molar-refractivity contribution in [2.75, 3.05) is 6.61 Å². The van der Waals surface area contributed by atoms with Gasteiger partial charge in [-0.15, -0.1) is 0 Å². The number of fused-ring (bicyclic) bond motifs is 1. The van der Waals surface area contributed by atoms with Crippen molar-refractivity contribution in [3.8, 4) is 11.8 Å². The summed E-state index contributed by atoms with van der Waals surface area (Å²) in [5.41, 5.74) is 5.00. The van der Waals surface area contributed by atoms with Crippen LogP contribution >= 0.6 is 0 Å². The second-order valence-electron chi connectivity index (χ2n) is 4.99. The summed E-state index contributed by atoms with van der Waals surface area (Å²) in [7, 11) is 0. The van der Waals surface area contributed by atoms with E-state index in [0.29, 0.717) is 13.0 Å². The molecule has 0 aliphatic carbocycles. The fraction of sp³-hybridized carbons (Fsp3) is 0.312. The molecule has 3 heteroatoms. The van der Waals surface area contributed by atoms with Crippen molar-refractivity contribution >= 4 is 10.8 Å². The van der Waals surface area contributed by atoms with Gasteiger partial charge in [-0.2, -0.15) is 5.26 Å². The molecule has 0 saturated heterocycles. The fourth-order valence-electron chi connectivity index (χ4n) is 1.94. The first kappa shape index (κ1) is 13.4. The van der Waals surface area contributed by atoms with Crippen molar-refractivity contribution in [2.24, 2.45) is 5.73 Å². The highest BCUT2D eigenvalue weighted by Crippen LogP contribution is 2.20. The molecule has 1 atom stereocenters. The maximum Gasteiger partial charge on any atom is 0.119 e. The first-order chi connectivity index (χ1) is 9.11. The normalized spacial score (nSPS) is 13.7. The molecule has 0 aromatic heterocycles. The molecule has 0 aliphatic heterocycles. The third-order valence-electron chi connectivity index (χ3n) is 3.09. The monoisotopic (exact) mass is 254 g/mol. The van der Waals surface area contributed by atoms with Crippen LogP contribution in [-0.2, 0) is 0 Å². The van der Waals surface area contributed by atoms with Gasteiger partial charge in [0.15, 0.2) is 0 Å². The van der Waals surface area contributed by atoms with Crippen LogP contribution in [0.5, 0.6) is 5.75 Å². The molecule has 0 aliphatic rings. The van der Waals surface area contributed by atoms with E-state index in [1.54, 1.807) is 6.92 Å². The highest BCUT2D eigenvalue weighted by Gasteiger charge is 2.16. The van der Waals surface area contributed by atoms with E-state index in [1.165, 1.54) is 10.8 Å². The summed E-state index contributed by atoms with van der Waals surface area (Å²) in [6.45, 7) is 2.32. The largest absolute Gasteiger partial charge is 0.494 e. The molecule has 0 radical (unpaired) electrons. The summed E-state index contributed by atoms with van der Waals surface area (Å²) >= 11 is 0. The van der Waals surface area contributed by atoms with Crippen LogP contribution in [0.4, 0.5) is 0 Å². The number of nitrogens with two attached hydrogens (primary N) is 1. The Morgan fingerprint density at radius 2 is 1.95 bits per heavy atom. The number of ether oxygens (including phenoxy) is 1. The molecule has 0 fully saturated rings. The Morgan fingerprint density at radius 1 is 1.21 bits per heavy atom. The zero-order valence-electron chi connectivity index (χ0n) is 11.1. The molecular weight excluding hydrogens is 236 g/mol. The smallest absolute Gasteiger partial charge is 0.119 e. The molecule has 3 nitrogen and oxygen atoms in total. The van der Waals surface area contributed by atoms with E-state index < -0.39 is 5.54 Å². The molecule has 0 spiro atoms. The average molecular weight is 254 g/mol. The van der Waals surface area contributed by atoms with Crippen LogP contribution in [-0.4, -0.2) is 12.1 Å². The summed E-state index contributed by atoms with van der Waals surface area (Å²) < 4.78 is 5.69. The van der Waals surface area contributed by atoms with Gasteiger partial charge >= 0.3 is 0 Å². The molecule has 2 aromatic rings. The minimum atomic E-state index is -0.757. The van der Waals surface area contributed by atoms with E-state index in [-0.39, 0.29) is 0 Å². The molecular formula is C16H18N2O. The second-order valence-corrected chi connectivity index (χ2v) is 4.99. The molecule has 0 heterocycles. The fourth-order valence-corrected chi connectivity index (χ4v) is 1.94. The van der Waals surface area contributed by atoms with Gasteiger partial charge in [-0.25, -0.2) is 0 Å². The van der Waals surface area contributed by atoms with E-state index in [1.807, 2.05) is 30.3 Å². The minimum Gasteiger partial charge on any atom is -0.494 e. The maximum absolute atomic E-state index is 8.81. The van der Waals surface area contributed by atoms with E-state index in [0.717, 1.165) is 12.2 Å². The van der Waals surface area contributed by atoms with Crippen LogP contribution in [0.25, 0.3) is 10.8 Å². The topological polar surface area (TPSA) is 59.0 Å². The van der Waals surface area contributed by atoms with E-state index in [9.17, 15) is 0 Å². The SMILES string of the molecule is CC(N)(C#N)CCCOc1ccc2ccccc2c1. The van der Waals surface area contributed by atoms with Crippen molar-refractivity contribution in [3.05, 3.63) is 42.5 Å². The van der Waals surface area contributed by atoms with Gasteiger partial charge in [0.25, 0.3) is 0 Å². The lowest BCUT2D eigenvalue weighted by Crippen LogP contribution is -2.34. The Bertz CT molecular complexity index is 599. The predicted octanol–water partition coefficient (Wildman–Crippen LogP) is 3.24. The summed E-state index contributed by atoms with van der Waals surface area (Å²) in [5, 5.41) is 11.2. The van der Waals surface area contributed by atoms with E-state index >= 15 is 0 Å². The molecule has 0 bridgehead atoms. The van der Waals surface area contributed by atoms with Crippen molar-refractivity contribution in [3.63, 3.8) is 0 Å². The van der Waals surface area contributed by atoms with Gasteiger partial charge in [0.2, 0.25) is 0 Å². The number of nitriles is 1. The standard InChI is InChI=1S/C16H18N2O/c1-16(18,12-17)9-4-10-19-15-8-7-13-5-2-3-6-14(13)11-15/h2-3,5-8,11H,4,9-10,18H2,1H3. The Hall–Kier alpha value is -2.05. The predicted molar refractivity (Wildman–Crippen MR) is 76.9 cm³/mol. The van der Waals surface area contributed by atoms with E-state index in [2.05, 4.69) is 18.2 Å². The van der Waals surface area contributed by atoms with Crippen LogP contribution < -0.4 is 10.5 Å². The van der Waals surface area contributed by atoms with Gasteiger partial charge in [0, 0.05) is 0 Å². The molecule has 19 heavy (non-hydrogen) atoms. The molecule has 0 amide bonds. The lowest BCUT2D eigenvalue weighted by Gasteiger charge is -2.15. The van der Waals surface area contributed by atoms with Crippen LogP contribution in [0.15, 0.2) is 42.5 Å². The molecule has 2 aromatic carbocycles. The molecule has 98 valence electrons. The van der Waals surface area contributed by atoms with Crippen molar-refractivity contribution in [1.82, 2.24) is 0 Å². The van der Waals surface area contributed by atoms with Gasteiger partial charge in [-0.1, -0.05) is 30.3 Å². The summed E-state index contributed by atoms with van der Waals surface area (Å²) in [6, 6.07) is 16.3. The van der Waals surface area contributed by atoms with Crippen LogP contribution in [0, 0.1) is 11.3 Å². The Morgan fingerprint density at radius 3 is 2.68 bits per heavy atom. The molecule has 2 N–H and O–H groups in total. The van der Waals surface area contributed by atoms with Crippen molar-refractivity contribution in [2.45, 2.75) is 25.3 Å². The number of benzene rings is 2. The average Bonchev–Trinajstić information content (AvgIpc) is 2.43. The number of hydrogen-bond donors (Lipinski definition) is 1. The zero-order valence-corrected chi connectivity index (χ0v) is 11.1. The lowest BCUT2D eigenvalue weighted by atomic mass is 10.00. The summed E-state index contributed by atoms with van der Waals surface area (Å²) in [5.74, 6) is 0.856. The molecule has 1 unspecified atom stereocenters. The summed E-state index contributed by atoms with van der Waals surface area (Å²) in [6.07, 6.45) is 1.41. The van der Waals surface area contributed by atoms with Crippen LogP contribution in [0.1, 0.15) is 19.8 Å². The van der Waals surface area contributed by atoms with Crippen molar-refractivity contribution in [1.29, 1.82) is 5.26 Å². The second kappa shape index (κ2) is 5.73. The number of nitrogens with zero attached hydrogens (tertiary/aromatic N) is 1. The Balaban J connectivity index is 1.90. The lowest BCUT2D eigenvalue weighted by molar-refractivity contribution is 0.296. The van der Waals surface area contributed by atoms with Crippen LogP contribution in [0.2, 0.25) is 0 Å². The van der Waals surface area contributed by atoms with Gasteiger partial charge in [-0.05, 0) is 42.7 Å². The minimum absolute atomic E-state index is 0.576. The highest BCUT2D eigenvalue weighted by molar-refractivity contribution is 5.83. The van der Waals surface area contributed by atoms with Crippen LogP contribution in [0.3, 0.4) is 0 Å². The molecule has 2 rings (SSSR count). The number of rotatable bonds is 5. The number of hydrogen-bond acceptors (Lipinski definition) is 3. The van der Waals surface area contributed by atoms with Gasteiger partial charge in [-0.3, -0.25) is 0 Å². The highest BCUT2D eigenvalue weighted by atomic mass is 16.5. The van der Waals surface area contributed by atoms with Crippen molar-refractivity contribution < 1.29 is 4.74 Å². The first-order valence-corrected chi connectivity index (χ1v) is 6.42. The Kier molecular flexibility index (Phi) is 4.03.